The van der Waals surface area contributed by atoms with E-state index in [2.05, 4.69) is 21.2 Å². The van der Waals surface area contributed by atoms with Crippen molar-refractivity contribution >= 4 is 31.7 Å². The van der Waals surface area contributed by atoms with Crippen molar-refractivity contribution in [2.24, 2.45) is 0 Å². The largest absolute Gasteiger partial charge is 0.349 e. The summed E-state index contributed by atoms with van der Waals surface area (Å²) in [7, 11) is -3.15. The van der Waals surface area contributed by atoms with Gasteiger partial charge in [-0.15, -0.1) is 0 Å². The van der Waals surface area contributed by atoms with E-state index in [0.29, 0.717) is 0 Å². The highest BCUT2D eigenvalue weighted by molar-refractivity contribution is 9.10. The van der Waals surface area contributed by atoms with Crippen molar-refractivity contribution in [2.75, 3.05) is 12.0 Å². The van der Waals surface area contributed by atoms with Crippen molar-refractivity contribution in [1.82, 2.24) is 5.32 Å². The molecule has 1 atom stereocenters. The number of benzene rings is 1. The van der Waals surface area contributed by atoms with Crippen molar-refractivity contribution in [3.63, 3.8) is 0 Å². The quantitative estimate of drug-likeness (QED) is 0.918. The van der Waals surface area contributed by atoms with E-state index in [1.807, 2.05) is 12.1 Å². The topological polar surface area (TPSA) is 63.2 Å². The first-order valence-electron chi connectivity index (χ1n) is 4.98. The zero-order chi connectivity index (χ0) is 13.1. The molecule has 0 saturated carbocycles. The first-order chi connectivity index (χ1) is 7.78. The Balaban J connectivity index is 2.97. The summed E-state index contributed by atoms with van der Waals surface area (Å²) < 4.78 is 23.5. The van der Waals surface area contributed by atoms with Gasteiger partial charge < -0.3 is 5.32 Å². The van der Waals surface area contributed by atoms with Crippen molar-refractivity contribution in [3.05, 3.63) is 34.3 Å². The Labute approximate surface area is 109 Å². The predicted octanol–water partition coefficient (Wildman–Crippen LogP) is 1.67. The minimum atomic E-state index is -3.15. The molecule has 0 aromatic heterocycles. The first-order valence-corrected chi connectivity index (χ1v) is 7.83. The van der Waals surface area contributed by atoms with Crippen LogP contribution in [0.4, 0.5) is 0 Å². The van der Waals surface area contributed by atoms with Crippen LogP contribution in [0.25, 0.3) is 0 Å². The van der Waals surface area contributed by atoms with Crippen molar-refractivity contribution in [2.45, 2.75) is 13.0 Å². The Morgan fingerprint density at radius 1 is 1.35 bits per heavy atom. The van der Waals surface area contributed by atoms with Gasteiger partial charge in [0.15, 0.2) is 0 Å². The third-order valence-corrected chi connectivity index (χ3v) is 3.59. The molecule has 6 heteroatoms. The molecule has 1 amide bonds. The van der Waals surface area contributed by atoms with Gasteiger partial charge in [0.25, 0.3) is 0 Å². The number of carbonyl (C=O) groups is 1. The number of carbonyl (C=O) groups excluding carboxylic acids is 1. The highest BCUT2D eigenvalue weighted by Crippen LogP contribution is 2.18. The van der Waals surface area contributed by atoms with E-state index in [1.54, 1.807) is 12.1 Å². The maximum absolute atomic E-state index is 11.3. The summed E-state index contributed by atoms with van der Waals surface area (Å²) in [4.78, 5) is 11.1. The molecule has 4 nitrogen and oxygen atoms in total. The lowest BCUT2D eigenvalue weighted by atomic mass is 10.1. The fraction of sp³-hybridized carbons (Fsp3) is 0.364. The molecule has 0 aliphatic carbocycles. The van der Waals surface area contributed by atoms with Crippen LogP contribution in [-0.4, -0.2) is 26.3 Å². The molecule has 1 aromatic carbocycles. The Kier molecular flexibility index (Phi) is 4.70. The summed E-state index contributed by atoms with van der Waals surface area (Å²) in [5.41, 5.74) is 0.772. The smallest absolute Gasteiger partial charge is 0.217 e. The number of halogens is 1. The monoisotopic (exact) mass is 319 g/mol. The van der Waals surface area contributed by atoms with Gasteiger partial charge in [-0.2, -0.15) is 0 Å². The van der Waals surface area contributed by atoms with Crippen molar-refractivity contribution in [3.8, 4) is 0 Å². The van der Waals surface area contributed by atoms with Gasteiger partial charge in [-0.1, -0.05) is 28.1 Å². The van der Waals surface area contributed by atoms with Crippen molar-refractivity contribution in [1.29, 1.82) is 0 Å². The molecular formula is C11H14BrNO3S. The molecule has 0 fully saturated rings. The minimum absolute atomic E-state index is 0.103. The fourth-order valence-electron chi connectivity index (χ4n) is 1.46. The SMILES string of the molecule is CC(=O)N[C@H](CS(C)(=O)=O)c1ccc(Br)cc1. The summed E-state index contributed by atoms with van der Waals surface area (Å²) in [6.45, 7) is 1.37. The zero-order valence-corrected chi connectivity index (χ0v) is 12.0. The van der Waals surface area contributed by atoms with Crippen LogP contribution >= 0.6 is 15.9 Å². The van der Waals surface area contributed by atoms with Gasteiger partial charge in [0.1, 0.15) is 9.84 Å². The number of amides is 1. The van der Waals surface area contributed by atoms with E-state index in [1.165, 1.54) is 6.92 Å². The van der Waals surface area contributed by atoms with Crippen LogP contribution in [0.15, 0.2) is 28.7 Å². The van der Waals surface area contributed by atoms with Gasteiger partial charge in [-0.05, 0) is 17.7 Å². The van der Waals surface area contributed by atoms with E-state index >= 15 is 0 Å². The lowest BCUT2D eigenvalue weighted by Crippen LogP contribution is -2.31. The Morgan fingerprint density at radius 2 is 1.88 bits per heavy atom. The predicted molar refractivity (Wildman–Crippen MR) is 70.4 cm³/mol. The Bertz CT molecular complexity index is 496. The molecule has 1 aromatic rings. The number of hydrogen-bond acceptors (Lipinski definition) is 3. The van der Waals surface area contributed by atoms with Gasteiger partial charge in [0, 0.05) is 17.7 Å². The molecular weight excluding hydrogens is 306 g/mol. The van der Waals surface area contributed by atoms with Crippen LogP contribution in [0.2, 0.25) is 0 Å². The molecule has 0 aliphatic heterocycles. The average molecular weight is 320 g/mol. The molecule has 1 N–H and O–H groups in total. The summed E-state index contributed by atoms with van der Waals surface area (Å²) in [6.07, 6.45) is 1.15. The molecule has 1 rings (SSSR count). The first kappa shape index (κ1) is 14.2. The van der Waals surface area contributed by atoms with E-state index in [9.17, 15) is 13.2 Å². The lowest BCUT2D eigenvalue weighted by Gasteiger charge is -2.17. The number of sulfone groups is 1. The van der Waals surface area contributed by atoms with Gasteiger partial charge in [-0.25, -0.2) is 8.42 Å². The second-order valence-electron chi connectivity index (χ2n) is 3.90. The highest BCUT2D eigenvalue weighted by Gasteiger charge is 2.18. The third-order valence-electron chi connectivity index (χ3n) is 2.12. The van der Waals surface area contributed by atoms with E-state index in [-0.39, 0.29) is 11.7 Å². The average Bonchev–Trinajstić information content (AvgIpc) is 2.14. The van der Waals surface area contributed by atoms with E-state index < -0.39 is 15.9 Å². The molecule has 0 saturated heterocycles. The number of hydrogen-bond donors (Lipinski definition) is 1. The van der Waals surface area contributed by atoms with Gasteiger partial charge in [0.05, 0.1) is 11.8 Å². The molecule has 0 unspecified atom stereocenters. The van der Waals surface area contributed by atoms with Crippen LogP contribution in [0, 0.1) is 0 Å². The Hall–Kier alpha value is -0.880. The number of rotatable bonds is 4. The fourth-order valence-corrected chi connectivity index (χ4v) is 2.61. The van der Waals surface area contributed by atoms with Gasteiger partial charge in [0.2, 0.25) is 5.91 Å². The second-order valence-corrected chi connectivity index (χ2v) is 7.00. The van der Waals surface area contributed by atoms with Crippen LogP contribution < -0.4 is 5.32 Å². The highest BCUT2D eigenvalue weighted by atomic mass is 79.9. The summed E-state index contributed by atoms with van der Waals surface area (Å²) in [6, 6.07) is 6.69. The molecule has 94 valence electrons. The molecule has 0 bridgehead atoms. The molecule has 0 radical (unpaired) electrons. The molecule has 17 heavy (non-hydrogen) atoms. The van der Waals surface area contributed by atoms with Crippen LogP contribution in [0.1, 0.15) is 18.5 Å². The van der Waals surface area contributed by atoms with Crippen LogP contribution in [0.3, 0.4) is 0 Å². The maximum atomic E-state index is 11.3. The van der Waals surface area contributed by atoms with Crippen LogP contribution in [0.5, 0.6) is 0 Å². The van der Waals surface area contributed by atoms with E-state index in [4.69, 9.17) is 0 Å². The second kappa shape index (κ2) is 5.64. The Morgan fingerprint density at radius 3 is 2.29 bits per heavy atom. The van der Waals surface area contributed by atoms with Gasteiger partial charge >= 0.3 is 0 Å². The molecule has 0 heterocycles. The summed E-state index contributed by atoms with van der Waals surface area (Å²) >= 11 is 3.30. The molecule has 0 aliphatic rings. The summed E-state index contributed by atoms with van der Waals surface area (Å²) in [5.74, 6) is -0.352. The number of nitrogens with one attached hydrogen (secondary N) is 1. The van der Waals surface area contributed by atoms with Crippen LogP contribution in [-0.2, 0) is 14.6 Å². The minimum Gasteiger partial charge on any atom is -0.349 e. The van der Waals surface area contributed by atoms with Gasteiger partial charge in [-0.3, -0.25) is 4.79 Å². The van der Waals surface area contributed by atoms with Crippen molar-refractivity contribution < 1.29 is 13.2 Å². The summed E-state index contributed by atoms with van der Waals surface area (Å²) in [5, 5.41) is 2.64. The zero-order valence-electron chi connectivity index (χ0n) is 9.60. The van der Waals surface area contributed by atoms with E-state index in [0.717, 1.165) is 16.3 Å². The lowest BCUT2D eigenvalue weighted by molar-refractivity contribution is -0.119. The molecule has 0 spiro atoms. The standard InChI is InChI=1S/C11H14BrNO3S/c1-8(14)13-11(7-17(2,15)16)9-3-5-10(12)6-4-9/h3-6,11H,7H2,1-2H3,(H,13,14)/t11-/m1/s1. The maximum Gasteiger partial charge on any atom is 0.217 e. The normalized spacial score (nSPS) is 13.1. The third kappa shape index (κ3) is 5.32.